The van der Waals surface area contributed by atoms with Crippen LogP contribution in [0.25, 0.3) is 0 Å². The maximum Gasteiger partial charge on any atom is 0.291 e. The second-order valence-electron chi connectivity index (χ2n) is 8.15. The SMILES string of the molecule is Cc1cc(C)cc(NC(=O)c2oc3c(c2C)/C(=N/NS(=O)(=O)c2ccc(F)cc2)CCC3)c1. The van der Waals surface area contributed by atoms with Gasteiger partial charge in [0.25, 0.3) is 15.9 Å². The molecule has 0 unspecified atom stereocenters. The number of furan rings is 1. The average Bonchev–Trinajstić information content (AvgIpc) is 3.09. The van der Waals surface area contributed by atoms with E-state index in [1.807, 2.05) is 32.0 Å². The van der Waals surface area contributed by atoms with Crippen LogP contribution in [0.4, 0.5) is 10.1 Å². The van der Waals surface area contributed by atoms with Gasteiger partial charge in [0, 0.05) is 23.2 Å². The maximum atomic E-state index is 13.1. The van der Waals surface area contributed by atoms with E-state index >= 15 is 0 Å². The van der Waals surface area contributed by atoms with Crippen LogP contribution in [-0.2, 0) is 16.4 Å². The summed E-state index contributed by atoms with van der Waals surface area (Å²) in [6.07, 6.45) is 1.85. The molecule has 7 nitrogen and oxygen atoms in total. The third-order valence-electron chi connectivity index (χ3n) is 5.44. The van der Waals surface area contributed by atoms with Crippen LogP contribution in [-0.4, -0.2) is 20.0 Å². The number of benzene rings is 2. The van der Waals surface area contributed by atoms with Crippen molar-refractivity contribution in [3.05, 3.63) is 82.1 Å². The first-order valence-corrected chi connectivity index (χ1v) is 12.0. The molecule has 3 aromatic rings. The summed E-state index contributed by atoms with van der Waals surface area (Å²) < 4.78 is 44.1. The standard InChI is InChI=1S/C24H24FN3O4S/c1-14-11-15(2)13-18(12-14)26-24(29)23-16(3)22-20(5-4-6-21(22)32-23)27-28-33(30,31)19-9-7-17(25)8-10-19/h7-13,28H,4-6H2,1-3H3,(H,26,29)/b27-20+. The number of nitrogens with one attached hydrogen (secondary N) is 2. The lowest BCUT2D eigenvalue weighted by Gasteiger charge is -2.14. The van der Waals surface area contributed by atoms with Gasteiger partial charge in [0.05, 0.1) is 10.6 Å². The molecule has 1 aromatic heterocycles. The van der Waals surface area contributed by atoms with Crippen molar-refractivity contribution >= 4 is 27.3 Å². The highest BCUT2D eigenvalue weighted by molar-refractivity contribution is 7.89. The number of hydrogen-bond acceptors (Lipinski definition) is 5. The zero-order valence-electron chi connectivity index (χ0n) is 18.5. The number of nitrogens with zero attached hydrogens (tertiary/aromatic N) is 1. The number of hydrogen-bond donors (Lipinski definition) is 2. The van der Waals surface area contributed by atoms with Crippen LogP contribution in [0, 0.1) is 26.6 Å². The van der Waals surface area contributed by atoms with Crippen molar-refractivity contribution in [3.63, 3.8) is 0 Å². The van der Waals surface area contributed by atoms with Gasteiger partial charge in [-0.25, -0.2) is 4.39 Å². The molecule has 4 rings (SSSR count). The van der Waals surface area contributed by atoms with Gasteiger partial charge in [-0.1, -0.05) is 6.07 Å². The molecule has 0 spiro atoms. The van der Waals surface area contributed by atoms with E-state index in [-0.39, 0.29) is 16.6 Å². The third kappa shape index (κ3) is 4.83. The molecule has 1 amide bonds. The van der Waals surface area contributed by atoms with Crippen LogP contribution in [0.1, 0.15) is 51.4 Å². The van der Waals surface area contributed by atoms with E-state index in [0.717, 1.165) is 23.3 Å². The Morgan fingerprint density at radius 2 is 1.70 bits per heavy atom. The molecule has 0 radical (unpaired) electrons. The summed E-state index contributed by atoms with van der Waals surface area (Å²) in [5.74, 6) is -0.129. The highest BCUT2D eigenvalue weighted by atomic mass is 32.2. The number of halogens is 1. The molecule has 0 saturated carbocycles. The number of aryl methyl sites for hydroxylation is 3. The monoisotopic (exact) mass is 469 g/mol. The molecule has 0 aliphatic heterocycles. The number of hydrazone groups is 1. The van der Waals surface area contributed by atoms with Crippen molar-refractivity contribution in [2.24, 2.45) is 5.10 Å². The van der Waals surface area contributed by atoms with Crippen molar-refractivity contribution in [1.82, 2.24) is 4.83 Å². The Morgan fingerprint density at radius 1 is 1.03 bits per heavy atom. The summed E-state index contributed by atoms with van der Waals surface area (Å²) in [4.78, 5) is 15.0. The van der Waals surface area contributed by atoms with Gasteiger partial charge in [-0.15, -0.1) is 0 Å². The van der Waals surface area contributed by atoms with Gasteiger partial charge in [0.2, 0.25) is 0 Å². The molecule has 1 aliphatic rings. The molecule has 2 N–H and O–H groups in total. The van der Waals surface area contributed by atoms with E-state index in [9.17, 15) is 17.6 Å². The average molecular weight is 470 g/mol. The highest BCUT2D eigenvalue weighted by Gasteiger charge is 2.28. The molecule has 0 bridgehead atoms. The fraction of sp³-hybridized carbons (Fsp3) is 0.250. The van der Waals surface area contributed by atoms with E-state index in [1.165, 1.54) is 12.1 Å². The lowest BCUT2D eigenvalue weighted by atomic mass is 9.93. The molecule has 1 aliphatic carbocycles. The minimum absolute atomic E-state index is 0.0956. The van der Waals surface area contributed by atoms with Crippen LogP contribution >= 0.6 is 0 Å². The van der Waals surface area contributed by atoms with E-state index in [1.54, 1.807) is 6.92 Å². The largest absolute Gasteiger partial charge is 0.455 e. The van der Waals surface area contributed by atoms with Crippen LogP contribution in [0.15, 0.2) is 56.9 Å². The topological polar surface area (TPSA) is 101 Å². The van der Waals surface area contributed by atoms with Gasteiger partial charge in [-0.05, 0) is 81.1 Å². The van der Waals surface area contributed by atoms with E-state index in [2.05, 4.69) is 15.2 Å². The molecule has 0 atom stereocenters. The predicted molar refractivity (Wildman–Crippen MR) is 124 cm³/mol. The lowest BCUT2D eigenvalue weighted by molar-refractivity contribution is 0.0994. The number of anilines is 1. The normalized spacial score (nSPS) is 14.7. The molecule has 1 heterocycles. The van der Waals surface area contributed by atoms with Crippen LogP contribution in [0.2, 0.25) is 0 Å². The fourth-order valence-corrected chi connectivity index (χ4v) is 4.84. The summed E-state index contributed by atoms with van der Waals surface area (Å²) >= 11 is 0. The first-order chi connectivity index (χ1) is 15.6. The zero-order valence-corrected chi connectivity index (χ0v) is 19.3. The van der Waals surface area contributed by atoms with Crippen LogP contribution in [0.3, 0.4) is 0 Å². The van der Waals surface area contributed by atoms with Crippen molar-refractivity contribution in [2.75, 3.05) is 5.32 Å². The summed E-state index contributed by atoms with van der Waals surface area (Å²) in [7, 11) is -3.96. The number of amides is 1. The summed E-state index contributed by atoms with van der Waals surface area (Å²) in [5.41, 5.74) is 4.48. The Hall–Kier alpha value is -3.46. The summed E-state index contributed by atoms with van der Waals surface area (Å²) in [6.45, 7) is 5.67. The van der Waals surface area contributed by atoms with Gasteiger partial charge in [0.15, 0.2) is 5.76 Å². The molecule has 172 valence electrons. The lowest BCUT2D eigenvalue weighted by Crippen LogP contribution is -2.22. The van der Waals surface area contributed by atoms with Gasteiger partial charge < -0.3 is 9.73 Å². The van der Waals surface area contributed by atoms with Crippen LogP contribution in [0.5, 0.6) is 0 Å². The second kappa shape index (κ2) is 8.82. The molecule has 2 aromatic carbocycles. The first kappa shape index (κ1) is 22.7. The Bertz CT molecular complexity index is 1340. The number of carbonyl (C=O) groups excluding carboxylic acids is 1. The third-order valence-corrected chi connectivity index (χ3v) is 6.66. The Kier molecular flexibility index (Phi) is 6.07. The van der Waals surface area contributed by atoms with Gasteiger partial charge in [0.1, 0.15) is 11.6 Å². The van der Waals surface area contributed by atoms with Gasteiger partial charge in [-0.3, -0.25) is 4.79 Å². The zero-order chi connectivity index (χ0) is 23.8. The number of rotatable bonds is 5. The minimum Gasteiger partial charge on any atom is -0.455 e. The smallest absolute Gasteiger partial charge is 0.291 e. The number of sulfonamides is 1. The molecule has 0 saturated heterocycles. The second-order valence-corrected chi connectivity index (χ2v) is 9.81. The van der Waals surface area contributed by atoms with E-state index < -0.39 is 15.8 Å². The fourth-order valence-electron chi connectivity index (χ4n) is 4.01. The maximum absolute atomic E-state index is 13.1. The van der Waals surface area contributed by atoms with Crippen molar-refractivity contribution < 1.29 is 22.0 Å². The molecular weight excluding hydrogens is 445 g/mol. The van der Waals surface area contributed by atoms with Crippen LogP contribution < -0.4 is 10.1 Å². The minimum atomic E-state index is -3.96. The van der Waals surface area contributed by atoms with Crippen molar-refractivity contribution in [2.45, 2.75) is 44.9 Å². The summed E-state index contributed by atoms with van der Waals surface area (Å²) in [5, 5.41) is 7.00. The number of fused-ring (bicyclic) bond motifs is 1. The Labute approximate surface area is 191 Å². The quantitative estimate of drug-likeness (QED) is 0.533. The first-order valence-electron chi connectivity index (χ1n) is 10.5. The summed E-state index contributed by atoms with van der Waals surface area (Å²) in [6, 6.07) is 10.2. The molecule has 0 fully saturated rings. The molecule has 33 heavy (non-hydrogen) atoms. The molecular formula is C24H24FN3O4S. The molecule has 9 heteroatoms. The highest BCUT2D eigenvalue weighted by Crippen LogP contribution is 2.30. The van der Waals surface area contributed by atoms with Gasteiger partial charge in [-0.2, -0.15) is 18.4 Å². The Morgan fingerprint density at radius 3 is 2.36 bits per heavy atom. The van der Waals surface area contributed by atoms with Crippen molar-refractivity contribution in [1.29, 1.82) is 0 Å². The Balaban J connectivity index is 1.60. The van der Waals surface area contributed by atoms with Gasteiger partial charge >= 0.3 is 0 Å². The van der Waals surface area contributed by atoms with E-state index in [4.69, 9.17) is 4.42 Å². The number of carbonyl (C=O) groups is 1. The predicted octanol–water partition coefficient (Wildman–Crippen LogP) is 4.62. The van der Waals surface area contributed by atoms with E-state index in [0.29, 0.717) is 47.5 Å². The van der Waals surface area contributed by atoms with Crippen molar-refractivity contribution in [3.8, 4) is 0 Å².